The standard InChI is InChI=1S/C13H8N4O4/c14-11-10(2-1-5-15-11)16-12(18)8-4-3-7(17(20)21)6-9(8)13(16)19/h1-6H,(H2,14,15). The van der Waals surface area contributed by atoms with Crippen LogP contribution in [0.3, 0.4) is 0 Å². The molecule has 21 heavy (non-hydrogen) atoms. The van der Waals surface area contributed by atoms with Crippen molar-refractivity contribution in [1.82, 2.24) is 4.98 Å². The maximum Gasteiger partial charge on any atom is 0.270 e. The molecule has 1 aliphatic rings. The maximum atomic E-state index is 12.3. The quantitative estimate of drug-likeness (QED) is 0.505. The van der Waals surface area contributed by atoms with Crippen LogP contribution < -0.4 is 10.6 Å². The van der Waals surface area contributed by atoms with Crippen LogP contribution in [-0.2, 0) is 0 Å². The number of nitro groups is 1. The summed E-state index contributed by atoms with van der Waals surface area (Å²) >= 11 is 0. The Hall–Kier alpha value is -3.29. The molecule has 1 aliphatic heterocycles. The van der Waals surface area contributed by atoms with Gasteiger partial charge in [0.2, 0.25) is 0 Å². The van der Waals surface area contributed by atoms with E-state index in [2.05, 4.69) is 4.98 Å². The molecule has 0 spiro atoms. The minimum absolute atomic E-state index is 0.0162. The van der Waals surface area contributed by atoms with Crippen LogP contribution in [-0.4, -0.2) is 21.7 Å². The molecule has 0 fully saturated rings. The van der Waals surface area contributed by atoms with E-state index in [0.717, 1.165) is 11.0 Å². The van der Waals surface area contributed by atoms with E-state index in [1.165, 1.54) is 30.5 Å². The highest BCUT2D eigenvalue weighted by Gasteiger charge is 2.38. The van der Waals surface area contributed by atoms with E-state index in [4.69, 9.17) is 5.73 Å². The van der Waals surface area contributed by atoms with Crippen molar-refractivity contribution in [3.63, 3.8) is 0 Å². The van der Waals surface area contributed by atoms with Gasteiger partial charge in [-0.2, -0.15) is 0 Å². The zero-order valence-electron chi connectivity index (χ0n) is 10.5. The largest absolute Gasteiger partial charge is 0.382 e. The number of anilines is 2. The second kappa shape index (κ2) is 4.37. The Morgan fingerprint density at radius 1 is 1.14 bits per heavy atom. The second-order valence-corrected chi connectivity index (χ2v) is 4.34. The highest BCUT2D eigenvalue weighted by molar-refractivity contribution is 6.35. The number of nitro benzene ring substituents is 1. The average Bonchev–Trinajstić information content (AvgIpc) is 2.71. The Morgan fingerprint density at radius 2 is 1.86 bits per heavy atom. The number of pyridine rings is 1. The van der Waals surface area contributed by atoms with E-state index >= 15 is 0 Å². The first-order valence-electron chi connectivity index (χ1n) is 5.88. The summed E-state index contributed by atoms with van der Waals surface area (Å²) in [4.78, 5) is 39.5. The van der Waals surface area contributed by atoms with Gasteiger partial charge in [0.05, 0.1) is 21.7 Å². The SMILES string of the molecule is Nc1ncccc1N1C(=O)c2ccc([N+](=O)[O-])cc2C1=O. The minimum Gasteiger partial charge on any atom is -0.382 e. The van der Waals surface area contributed by atoms with Crippen LogP contribution in [0.1, 0.15) is 20.7 Å². The number of benzene rings is 1. The van der Waals surface area contributed by atoms with Crippen molar-refractivity contribution in [1.29, 1.82) is 0 Å². The van der Waals surface area contributed by atoms with Crippen molar-refractivity contribution in [3.05, 3.63) is 57.8 Å². The van der Waals surface area contributed by atoms with Crippen molar-refractivity contribution in [2.75, 3.05) is 10.6 Å². The van der Waals surface area contributed by atoms with Crippen LogP contribution in [0.5, 0.6) is 0 Å². The molecule has 1 aromatic carbocycles. The van der Waals surface area contributed by atoms with Gasteiger partial charge in [-0.25, -0.2) is 9.88 Å². The highest BCUT2D eigenvalue weighted by Crippen LogP contribution is 2.32. The van der Waals surface area contributed by atoms with Gasteiger partial charge in [-0.15, -0.1) is 0 Å². The predicted octanol–water partition coefficient (Wildman–Crippen LogP) is 1.37. The summed E-state index contributed by atoms with van der Waals surface area (Å²) < 4.78 is 0. The van der Waals surface area contributed by atoms with Crippen LogP contribution in [0, 0.1) is 10.1 Å². The topological polar surface area (TPSA) is 119 Å². The lowest BCUT2D eigenvalue weighted by Crippen LogP contribution is -2.30. The van der Waals surface area contributed by atoms with Crippen molar-refractivity contribution >= 4 is 29.0 Å². The molecule has 3 rings (SSSR count). The molecule has 0 saturated carbocycles. The van der Waals surface area contributed by atoms with Crippen LogP contribution in [0.15, 0.2) is 36.5 Å². The number of aromatic nitrogens is 1. The van der Waals surface area contributed by atoms with E-state index in [-0.39, 0.29) is 28.3 Å². The van der Waals surface area contributed by atoms with Gasteiger partial charge in [0.1, 0.15) is 5.82 Å². The Balaban J connectivity index is 2.13. The average molecular weight is 284 g/mol. The number of non-ortho nitro benzene ring substituents is 1. The van der Waals surface area contributed by atoms with Crippen LogP contribution in [0.4, 0.5) is 17.2 Å². The van der Waals surface area contributed by atoms with Gasteiger partial charge in [-0.05, 0) is 18.2 Å². The van der Waals surface area contributed by atoms with E-state index in [1.807, 2.05) is 0 Å². The number of amides is 2. The molecule has 2 N–H and O–H groups in total. The molecule has 0 bridgehead atoms. The molecular formula is C13H8N4O4. The van der Waals surface area contributed by atoms with Crippen LogP contribution in [0.25, 0.3) is 0 Å². The lowest BCUT2D eigenvalue weighted by molar-refractivity contribution is -0.384. The molecule has 2 heterocycles. The third-order valence-corrected chi connectivity index (χ3v) is 3.14. The molecule has 8 heteroatoms. The summed E-state index contributed by atoms with van der Waals surface area (Å²) in [5.74, 6) is -1.20. The fourth-order valence-electron chi connectivity index (χ4n) is 2.16. The second-order valence-electron chi connectivity index (χ2n) is 4.34. The Morgan fingerprint density at radius 3 is 2.52 bits per heavy atom. The molecule has 0 aliphatic carbocycles. The number of rotatable bonds is 2. The van der Waals surface area contributed by atoms with E-state index in [0.29, 0.717) is 0 Å². The number of hydrogen-bond acceptors (Lipinski definition) is 6. The third kappa shape index (κ3) is 1.81. The van der Waals surface area contributed by atoms with Gasteiger partial charge in [-0.1, -0.05) is 0 Å². The number of carbonyl (C=O) groups excluding carboxylic acids is 2. The van der Waals surface area contributed by atoms with Gasteiger partial charge in [0.15, 0.2) is 0 Å². The van der Waals surface area contributed by atoms with Crippen molar-refractivity contribution < 1.29 is 14.5 Å². The summed E-state index contributed by atoms with van der Waals surface area (Å²) in [6, 6.07) is 6.55. The molecule has 0 radical (unpaired) electrons. The molecule has 8 nitrogen and oxygen atoms in total. The smallest absolute Gasteiger partial charge is 0.270 e. The predicted molar refractivity (Wildman–Crippen MR) is 72.9 cm³/mol. The number of nitrogens with zero attached hydrogens (tertiary/aromatic N) is 3. The van der Waals surface area contributed by atoms with Gasteiger partial charge in [0.25, 0.3) is 17.5 Å². The molecule has 2 amide bonds. The molecule has 0 unspecified atom stereocenters. The zero-order valence-corrected chi connectivity index (χ0v) is 10.5. The molecule has 0 atom stereocenters. The minimum atomic E-state index is -0.654. The number of nitrogens with two attached hydrogens (primary N) is 1. The monoisotopic (exact) mass is 284 g/mol. The third-order valence-electron chi connectivity index (χ3n) is 3.14. The first-order valence-corrected chi connectivity index (χ1v) is 5.88. The molecular weight excluding hydrogens is 276 g/mol. The van der Waals surface area contributed by atoms with Gasteiger partial charge < -0.3 is 5.73 Å². The fraction of sp³-hybridized carbons (Fsp3) is 0. The first kappa shape index (κ1) is 12.7. The molecule has 104 valence electrons. The Kier molecular flexibility index (Phi) is 2.65. The lowest BCUT2D eigenvalue weighted by atomic mass is 10.1. The first-order chi connectivity index (χ1) is 10.0. The fourth-order valence-corrected chi connectivity index (χ4v) is 2.16. The number of imide groups is 1. The van der Waals surface area contributed by atoms with Crippen molar-refractivity contribution in [3.8, 4) is 0 Å². The van der Waals surface area contributed by atoms with Crippen LogP contribution >= 0.6 is 0 Å². The normalized spacial score (nSPS) is 13.4. The zero-order chi connectivity index (χ0) is 15.1. The summed E-state index contributed by atoms with van der Waals surface area (Å²) in [6.07, 6.45) is 1.43. The van der Waals surface area contributed by atoms with Crippen LogP contribution in [0.2, 0.25) is 0 Å². The Bertz CT molecular complexity index is 803. The van der Waals surface area contributed by atoms with E-state index in [1.54, 1.807) is 0 Å². The van der Waals surface area contributed by atoms with Gasteiger partial charge >= 0.3 is 0 Å². The molecule has 2 aromatic rings. The highest BCUT2D eigenvalue weighted by atomic mass is 16.6. The number of nitrogen functional groups attached to an aromatic ring is 1. The van der Waals surface area contributed by atoms with Crippen molar-refractivity contribution in [2.24, 2.45) is 0 Å². The molecule has 0 saturated heterocycles. The summed E-state index contributed by atoms with van der Waals surface area (Å²) in [5, 5.41) is 10.8. The summed E-state index contributed by atoms with van der Waals surface area (Å²) in [5.41, 5.74) is 5.67. The summed E-state index contributed by atoms with van der Waals surface area (Å²) in [7, 11) is 0. The van der Waals surface area contributed by atoms with E-state index < -0.39 is 16.7 Å². The van der Waals surface area contributed by atoms with Gasteiger partial charge in [-0.3, -0.25) is 19.7 Å². The number of carbonyl (C=O) groups is 2. The van der Waals surface area contributed by atoms with E-state index in [9.17, 15) is 19.7 Å². The van der Waals surface area contributed by atoms with Gasteiger partial charge in [0, 0.05) is 18.3 Å². The van der Waals surface area contributed by atoms with Crippen molar-refractivity contribution in [2.45, 2.75) is 0 Å². The number of hydrogen-bond donors (Lipinski definition) is 1. The lowest BCUT2D eigenvalue weighted by Gasteiger charge is -2.14. The molecule has 1 aromatic heterocycles. The summed E-state index contributed by atoms with van der Waals surface area (Å²) in [6.45, 7) is 0. The Labute approximate surface area is 118 Å². The number of fused-ring (bicyclic) bond motifs is 1. The maximum absolute atomic E-state index is 12.3.